The Morgan fingerprint density at radius 1 is 1.11 bits per heavy atom. The lowest BCUT2D eigenvalue weighted by Crippen LogP contribution is -2.29. The van der Waals surface area contributed by atoms with Gasteiger partial charge in [-0.05, 0) is 30.2 Å². The van der Waals surface area contributed by atoms with E-state index in [4.69, 9.17) is 11.5 Å². The summed E-state index contributed by atoms with van der Waals surface area (Å²) in [6, 6.07) is 10.6. The predicted octanol–water partition coefficient (Wildman–Crippen LogP) is 2.68. The molecule has 1 saturated carbocycles. The molecule has 0 aromatic heterocycles. The number of benzene rings is 1. The van der Waals surface area contributed by atoms with E-state index in [2.05, 4.69) is 35.3 Å². The molecule has 0 heterocycles. The first-order chi connectivity index (χ1) is 8.20. The fourth-order valence-corrected chi connectivity index (χ4v) is 2.80. The van der Waals surface area contributed by atoms with E-state index in [1.807, 2.05) is 0 Å². The molecule has 0 radical (unpaired) electrons. The first kappa shape index (κ1) is 15.3. The van der Waals surface area contributed by atoms with Crippen molar-refractivity contribution in [3.8, 4) is 0 Å². The maximum Gasteiger partial charge on any atom is 0.185 e. The van der Waals surface area contributed by atoms with E-state index in [0.29, 0.717) is 0 Å². The molecule has 0 unspecified atom stereocenters. The molecule has 1 aliphatic carbocycles. The van der Waals surface area contributed by atoms with Gasteiger partial charge in [0.05, 0.1) is 0 Å². The minimum atomic E-state index is 0. The maximum absolute atomic E-state index is 5.45. The smallest absolute Gasteiger partial charge is 0.185 e. The van der Waals surface area contributed by atoms with E-state index in [1.54, 1.807) is 0 Å². The van der Waals surface area contributed by atoms with E-state index in [-0.39, 0.29) is 35.4 Å². The minimum Gasteiger partial charge on any atom is -0.370 e. The fourth-order valence-electron chi connectivity index (χ4n) is 2.80. The van der Waals surface area contributed by atoms with Crippen molar-refractivity contribution in [1.82, 2.24) is 0 Å². The molecule has 0 atom stereocenters. The maximum atomic E-state index is 5.45. The van der Waals surface area contributed by atoms with Gasteiger partial charge in [0, 0.05) is 6.54 Å². The highest BCUT2D eigenvalue weighted by Gasteiger charge is 2.33. The quantitative estimate of drug-likeness (QED) is 0.493. The Morgan fingerprint density at radius 3 is 2.28 bits per heavy atom. The van der Waals surface area contributed by atoms with Gasteiger partial charge in [-0.15, -0.1) is 24.0 Å². The monoisotopic (exact) mass is 359 g/mol. The van der Waals surface area contributed by atoms with Gasteiger partial charge in [-0.1, -0.05) is 43.2 Å². The molecule has 4 N–H and O–H groups in total. The summed E-state index contributed by atoms with van der Waals surface area (Å²) in [5.74, 6) is 0.212. The van der Waals surface area contributed by atoms with Crippen LogP contribution >= 0.6 is 24.0 Å². The molecule has 1 aliphatic rings. The molecule has 1 fully saturated rings. The number of aliphatic imine (C=N–C) groups is 1. The lowest BCUT2D eigenvalue weighted by molar-refractivity contribution is 0.307. The van der Waals surface area contributed by atoms with Gasteiger partial charge in [-0.25, -0.2) is 0 Å². The van der Waals surface area contributed by atoms with E-state index in [1.165, 1.54) is 31.2 Å². The molecule has 0 bridgehead atoms. The lowest BCUT2D eigenvalue weighted by Gasteiger charge is -2.27. The van der Waals surface area contributed by atoms with Gasteiger partial charge in [0.25, 0.3) is 0 Å². The second-order valence-electron chi connectivity index (χ2n) is 5.11. The Morgan fingerprint density at radius 2 is 1.72 bits per heavy atom. The highest BCUT2D eigenvalue weighted by Crippen LogP contribution is 2.41. The number of guanidine groups is 1. The van der Waals surface area contributed by atoms with E-state index < -0.39 is 0 Å². The molecule has 1 aromatic rings. The van der Waals surface area contributed by atoms with Crippen LogP contribution in [0.4, 0.5) is 0 Å². The minimum absolute atomic E-state index is 0. The third kappa shape index (κ3) is 4.15. The van der Waals surface area contributed by atoms with Crippen LogP contribution in [0.25, 0.3) is 0 Å². The van der Waals surface area contributed by atoms with Crippen LogP contribution in [-0.2, 0) is 6.42 Å². The molecular weight excluding hydrogens is 337 g/mol. The van der Waals surface area contributed by atoms with Crippen molar-refractivity contribution in [2.75, 3.05) is 6.54 Å². The van der Waals surface area contributed by atoms with Crippen LogP contribution in [0.1, 0.15) is 31.2 Å². The molecule has 0 saturated heterocycles. The SMILES string of the molecule is I.NC(N)=NCC1(Cc2ccccc2)CCCC1. The summed E-state index contributed by atoms with van der Waals surface area (Å²) in [5.41, 5.74) is 12.6. The average Bonchev–Trinajstić information content (AvgIpc) is 2.77. The molecule has 0 spiro atoms. The van der Waals surface area contributed by atoms with Gasteiger partial charge < -0.3 is 11.5 Å². The topological polar surface area (TPSA) is 64.4 Å². The van der Waals surface area contributed by atoms with Crippen LogP contribution in [-0.4, -0.2) is 12.5 Å². The van der Waals surface area contributed by atoms with Crippen LogP contribution in [0.2, 0.25) is 0 Å². The summed E-state index contributed by atoms with van der Waals surface area (Å²) in [6.45, 7) is 0.768. The summed E-state index contributed by atoms with van der Waals surface area (Å²) in [7, 11) is 0. The zero-order chi connectivity index (χ0) is 12.1. The van der Waals surface area contributed by atoms with Crippen LogP contribution < -0.4 is 11.5 Å². The van der Waals surface area contributed by atoms with Gasteiger partial charge in [0.1, 0.15) is 0 Å². The third-order valence-corrected chi connectivity index (χ3v) is 3.68. The Balaban J connectivity index is 0.00000162. The normalized spacial score (nSPS) is 16.9. The van der Waals surface area contributed by atoms with Gasteiger partial charge in [-0.3, -0.25) is 4.99 Å². The number of rotatable bonds is 4. The number of nitrogens with zero attached hydrogens (tertiary/aromatic N) is 1. The highest BCUT2D eigenvalue weighted by molar-refractivity contribution is 14.0. The zero-order valence-corrected chi connectivity index (χ0v) is 13.0. The van der Waals surface area contributed by atoms with Crippen LogP contribution in [0.15, 0.2) is 35.3 Å². The van der Waals surface area contributed by atoms with Gasteiger partial charge in [0.2, 0.25) is 0 Å². The molecule has 0 amide bonds. The zero-order valence-electron chi connectivity index (χ0n) is 10.6. The number of hydrogen-bond donors (Lipinski definition) is 2. The largest absolute Gasteiger partial charge is 0.370 e. The highest BCUT2D eigenvalue weighted by atomic mass is 127. The van der Waals surface area contributed by atoms with Gasteiger partial charge in [0.15, 0.2) is 5.96 Å². The summed E-state index contributed by atoms with van der Waals surface area (Å²) >= 11 is 0. The molecule has 0 aliphatic heterocycles. The molecule has 100 valence electrons. The van der Waals surface area contributed by atoms with Crippen molar-refractivity contribution < 1.29 is 0 Å². The van der Waals surface area contributed by atoms with Crippen molar-refractivity contribution in [3.63, 3.8) is 0 Å². The summed E-state index contributed by atoms with van der Waals surface area (Å²) in [4.78, 5) is 4.25. The second-order valence-corrected chi connectivity index (χ2v) is 5.11. The standard InChI is InChI=1S/C14H21N3.HI/c15-13(16)17-11-14(8-4-5-9-14)10-12-6-2-1-3-7-12;/h1-3,6-7H,4-5,8-11H2,(H4,15,16,17);1H. The molecule has 2 rings (SSSR count). The Hall–Kier alpha value is -0.780. The number of halogens is 1. The molecule has 18 heavy (non-hydrogen) atoms. The Kier molecular flexibility index (Phi) is 5.91. The van der Waals surface area contributed by atoms with E-state index in [9.17, 15) is 0 Å². The van der Waals surface area contributed by atoms with Crippen LogP contribution in [0.5, 0.6) is 0 Å². The molecule has 3 nitrogen and oxygen atoms in total. The van der Waals surface area contributed by atoms with Crippen LogP contribution in [0.3, 0.4) is 0 Å². The van der Waals surface area contributed by atoms with Gasteiger partial charge in [-0.2, -0.15) is 0 Å². The number of nitrogens with two attached hydrogens (primary N) is 2. The summed E-state index contributed by atoms with van der Waals surface area (Å²) < 4.78 is 0. The average molecular weight is 359 g/mol. The second kappa shape index (κ2) is 6.97. The lowest BCUT2D eigenvalue weighted by atomic mass is 9.80. The van der Waals surface area contributed by atoms with Crippen molar-refractivity contribution in [1.29, 1.82) is 0 Å². The van der Waals surface area contributed by atoms with Crippen LogP contribution in [0, 0.1) is 5.41 Å². The third-order valence-electron chi connectivity index (χ3n) is 3.68. The van der Waals surface area contributed by atoms with Crippen molar-refractivity contribution in [3.05, 3.63) is 35.9 Å². The van der Waals surface area contributed by atoms with Crippen molar-refractivity contribution in [2.45, 2.75) is 32.1 Å². The molecular formula is C14H22IN3. The summed E-state index contributed by atoms with van der Waals surface area (Å²) in [6.07, 6.45) is 6.15. The van der Waals surface area contributed by atoms with Gasteiger partial charge >= 0.3 is 0 Å². The summed E-state index contributed by atoms with van der Waals surface area (Å²) in [5, 5.41) is 0. The predicted molar refractivity (Wildman–Crippen MR) is 87.1 cm³/mol. The van der Waals surface area contributed by atoms with Crippen molar-refractivity contribution >= 4 is 29.9 Å². The first-order valence-electron chi connectivity index (χ1n) is 6.30. The molecule has 1 aromatic carbocycles. The fraction of sp³-hybridized carbons (Fsp3) is 0.500. The first-order valence-corrected chi connectivity index (χ1v) is 6.30. The van der Waals surface area contributed by atoms with E-state index >= 15 is 0 Å². The van der Waals surface area contributed by atoms with E-state index in [0.717, 1.165) is 13.0 Å². The Bertz CT molecular complexity index is 379. The molecule has 4 heteroatoms. The number of hydrogen-bond acceptors (Lipinski definition) is 1. The van der Waals surface area contributed by atoms with Crippen molar-refractivity contribution in [2.24, 2.45) is 21.9 Å². The Labute approximate surface area is 126 Å².